The van der Waals surface area contributed by atoms with Crippen LogP contribution < -0.4 is 0 Å². The minimum Gasteiger partial charge on any atom is -0.451 e. The Morgan fingerprint density at radius 1 is 1.07 bits per heavy atom. The second-order valence-electron chi connectivity index (χ2n) is 6.72. The van der Waals surface area contributed by atoms with Gasteiger partial charge >= 0.3 is 31.1 Å². The molecule has 0 radical (unpaired) electrons. The number of Topliss-reactive ketones (excluding diaryl/α,β-unsaturated/α-hetero) is 1. The minimum absolute atomic E-state index is 0. The number of carbonyl (C=O) groups is 1. The Labute approximate surface area is 209 Å². The Bertz CT molecular complexity index is 869. The largest absolute Gasteiger partial charge is 2.00 e. The number of unbranched alkanes of at least 4 members (excludes halogenated alkanes) is 2. The fraction of sp³-hybridized carbons (Fsp3) is 0.375. The van der Waals surface area contributed by atoms with E-state index in [2.05, 4.69) is 50.5 Å². The van der Waals surface area contributed by atoms with Gasteiger partial charge in [-0.2, -0.15) is 26.7 Å². The van der Waals surface area contributed by atoms with Gasteiger partial charge in [-0.15, -0.1) is 0 Å². The molecule has 6 heteroatoms. The summed E-state index contributed by atoms with van der Waals surface area (Å²) < 4.78 is 5.69. The molecule has 4 nitrogen and oxygen atoms in total. The van der Waals surface area contributed by atoms with Crippen molar-refractivity contribution in [2.45, 2.75) is 54.4 Å². The van der Waals surface area contributed by atoms with Gasteiger partial charge in [-0.1, -0.05) is 63.6 Å². The number of fused-ring (bicyclic) bond motifs is 1. The number of aromatic nitrogens is 2. The maximum Gasteiger partial charge on any atom is 2.00 e. The molecule has 0 atom stereocenters. The molecule has 0 aliphatic heterocycles. The van der Waals surface area contributed by atoms with Gasteiger partial charge in [-0.05, 0) is 0 Å². The zero-order valence-corrected chi connectivity index (χ0v) is 23.6. The number of halogens is 1. The minimum atomic E-state index is -0.0175. The van der Waals surface area contributed by atoms with Gasteiger partial charge in [0, 0.05) is 23.1 Å². The molecule has 0 aliphatic carbocycles. The van der Waals surface area contributed by atoms with Gasteiger partial charge in [-0.3, -0.25) is 4.79 Å². The molecule has 0 bridgehead atoms. The van der Waals surface area contributed by atoms with Crippen molar-refractivity contribution in [1.29, 1.82) is 0 Å². The first-order valence-corrected chi connectivity index (χ1v) is 10.4. The van der Waals surface area contributed by atoms with Crippen LogP contribution in [0.15, 0.2) is 41.1 Å². The summed E-state index contributed by atoms with van der Waals surface area (Å²) in [4.78, 5) is 19.9. The van der Waals surface area contributed by atoms with Crippen molar-refractivity contribution in [3.8, 4) is 11.3 Å². The number of carbonyl (C=O) groups excluding carboxylic acids is 1. The number of furan rings is 1. The summed E-state index contributed by atoms with van der Waals surface area (Å²) in [6.45, 7) is 12.1. The van der Waals surface area contributed by atoms with E-state index < -0.39 is 0 Å². The summed E-state index contributed by atoms with van der Waals surface area (Å²) in [5.41, 5.74) is 2.69. The zero-order valence-electron chi connectivity index (χ0n) is 18.7. The standard InChI is InChI=1S/C16H13ClN2O2.2C4H9.U/c1-9(2)14(20)11-5-3-10(4-6-11)13-7-12-15(21-13)16(17)19-8-18-12;2*1-3-4-2;/h3-9H,1-2H3;2*3H,4H2,1-2H3;/q;2*-1;+2. The Balaban J connectivity index is 0.000000808. The number of rotatable bonds is 5. The summed E-state index contributed by atoms with van der Waals surface area (Å²) in [6, 6.07) is 9.13. The van der Waals surface area contributed by atoms with E-state index in [0.29, 0.717) is 22.4 Å². The number of hydrogen-bond donors (Lipinski definition) is 0. The molecule has 3 rings (SSSR count). The van der Waals surface area contributed by atoms with E-state index in [1.807, 2.05) is 32.0 Å². The monoisotopic (exact) mass is 652 g/mol. The predicted octanol–water partition coefficient (Wildman–Crippen LogP) is 7.62. The summed E-state index contributed by atoms with van der Waals surface area (Å²) in [5, 5.41) is 0.290. The Morgan fingerprint density at radius 2 is 1.60 bits per heavy atom. The quantitative estimate of drug-likeness (QED) is 0.162. The molecule has 0 unspecified atom stereocenters. The van der Waals surface area contributed by atoms with E-state index in [9.17, 15) is 4.79 Å². The third kappa shape index (κ3) is 8.92. The van der Waals surface area contributed by atoms with Crippen LogP contribution in [0, 0.1) is 49.9 Å². The van der Waals surface area contributed by atoms with Crippen LogP contribution in [0.1, 0.15) is 64.7 Å². The Kier molecular flexibility index (Phi) is 15.0. The first kappa shape index (κ1) is 28.9. The number of ketones is 1. The van der Waals surface area contributed by atoms with Crippen LogP contribution in [0.4, 0.5) is 0 Å². The van der Waals surface area contributed by atoms with Crippen LogP contribution in [-0.2, 0) is 0 Å². The Hall–Kier alpha value is -1.15. The normalized spacial score (nSPS) is 9.87. The van der Waals surface area contributed by atoms with E-state index in [0.717, 1.165) is 5.56 Å². The SMILES string of the molecule is CC(C)C(=O)c1ccc(-c2cc3ncnc(Cl)c3o2)cc1.C[CH-]CC.C[CH-]CC.[U+2]. The molecule has 30 heavy (non-hydrogen) atoms. The summed E-state index contributed by atoms with van der Waals surface area (Å²) in [6.07, 6.45) is 8.04. The summed E-state index contributed by atoms with van der Waals surface area (Å²) in [5.74, 6) is 0.757. The third-order valence-corrected chi connectivity index (χ3v) is 4.33. The fourth-order valence-electron chi connectivity index (χ4n) is 2.10. The molecule has 0 saturated carbocycles. The van der Waals surface area contributed by atoms with Crippen molar-refractivity contribution < 1.29 is 40.3 Å². The van der Waals surface area contributed by atoms with Gasteiger partial charge in [0.25, 0.3) is 0 Å². The summed E-state index contributed by atoms with van der Waals surface area (Å²) >= 11 is 5.97. The van der Waals surface area contributed by atoms with Crippen LogP contribution in [0.5, 0.6) is 0 Å². The molecule has 0 spiro atoms. The van der Waals surface area contributed by atoms with Crippen LogP contribution in [0.2, 0.25) is 5.15 Å². The fourth-order valence-corrected chi connectivity index (χ4v) is 2.28. The van der Waals surface area contributed by atoms with Crippen LogP contribution >= 0.6 is 11.6 Å². The average Bonchev–Trinajstić information content (AvgIpc) is 3.19. The number of benzene rings is 1. The van der Waals surface area contributed by atoms with Gasteiger partial charge < -0.3 is 17.3 Å². The average molecular weight is 653 g/mol. The molecule has 0 N–H and O–H groups in total. The smallest absolute Gasteiger partial charge is 0.451 e. The molecule has 1 aromatic carbocycles. The van der Waals surface area contributed by atoms with Crippen molar-refractivity contribution in [2.75, 3.05) is 0 Å². The van der Waals surface area contributed by atoms with Crippen molar-refractivity contribution >= 4 is 28.5 Å². The van der Waals surface area contributed by atoms with Gasteiger partial charge in [0.05, 0.1) is 0 Å². The van der Waals surface area contributed by atoms with Gasteiger partial charge in [0.1, 0.15) is 17.6 Å². The first-order chi connectivity index (χ1) is 13.9. The van der Waals surface area contributed by atoms with Gasteiger partial charge in [0.2, 0.25) is 0 Å². The number of nitrogens with zero attached hydrogens (tertiary/aromatic N) is 2. The molecule has 160 valence electrons. The molecule has 3 aromatic rings. The second kappa shape index (κ2) is 15.6. The molecule has 0 fully saturated rings. The van der Waals surface area contributed by atoms with Crippen LogP contribution in [-0.4, -0.2) is 15.8 Å². The molecule has 0 aliphatic rings. The topological polar surface area (TPSA) is 56.0 Å². The molecule has 2 aromatic heterocycles. The third-order valence-electron chi connectivity index (χ3n) is 4.06. The van der Waals surface area contributed by atoms with Gasteiger partial charge in [-0.25, -0.2) is 9.97 Å². The molecule has 2 heterocycles. The van der Waals surface area contributed by atoms with Crippen molar-refractivity contribution in [3.05, 3.63) is 60.2 Å². The second-order valence-corrected chi connectivity index (χ2v) is 7.08. The molecular formula is C24H31ClN2O2U. The first-order valence-electron chi connectivity index (χ1n) is 9.99. The summed E-state index contributed by atoms with van der Waals surface area (Å²) in [7, 11) is 0. The van der Waals surface area contributed by atoms with E-state index in [1.54, 1.807) is 12.1 Å². The van der Waals surface area contributed by atoms with Crippen molar-refractivity contribution in [1.82, 2.24) is 9.97 Å². The van der Waals surface area contributed by atoms with E-state index in [1.165, 1.54) is 19.2 Å². The van der Waals surface area contributed by atoms with Crippen LogP contribution in [0.3, 0.4) is 0 Å². The molecule has 0 saturated heterocycles. The molecule has 0 amide bonds. The molecular weight excluding hydrogens is 622 g/mol. The maximum atomic E-state index is 11.9. The van der Waals surface area contributed by atoms with Gasteiger partial charge in [0.15, 0.2) is 16.5 Å². The predicted molar refractivity (Wildman–Crippen MR) is 122 cm³/mol. The van der Waals surface area contributed by atoms with Crippen molar-refractivity contribution in [3.63, 3.8) is 0 Å². The maximum absolute atomic E-state index is 11.9. The van der Waals surface area contributed by atoms with E-state index in [4.69, 9.17) is 16.0 Å². The van der Waals surface area contributed by atoms with E-state index in [-0.39, 0.29) is 48.0 Å². The van der Waals surface area contributed by atoms with Crippen LogP contribution in [0.25, 0.3) is 22.4 Å². The number of hydrogen-bond acceptors (Lipinski definition) is 4. The zero-order chi connectivity index (χ0) is 21.8. The van der Waals surface area contributed by atoms with E-state index >= 15 is 0 Å². The van der Waals surface area contributed by atoms with Crippen molar-refractivity contribution in [2.24, 2.45) is 5.92 Å². The Morgan fingerprint density at radius 3 is 2.03 bits per heavy atom.